The highest BCUT2D eigenvalue weighted by molar-refractivity contribution is 9.10. The first-order chi connectivity index (χ1) is 10.1. The summed E-state index contributed by atoms with van der Waals surface area (Å²) in [4.78, 5) is 12.7. The van der Waals surface area contributed by atoms with E-state index in [9.17, 15) is 9.18 Å². The van der Waals surface area contributed by atoms with E-state index in [0.717, 1.165) is 16.3 Å². The van der Waals surface area contributed by atoms with Crippen LogP contribution in [0.5, 0.6) is 0 Å². The number of carbonyl (C=O) groups excluding carboxylic acids is 1. The fourth-order valence-corrected chi connectivity index (χ4v) is 3.02. The fraction of sp³-hybridized carbons (Fsp3) is 0.0556. The number of rotatable bonds is 2. The molecule has 3 rings (SSSR count). The topological polar surface area (TPSA) is 17.1 Å². The van der Waals surface area contributed by atoms with E-state index in [4.69, 9.17) is 0 Å². The maximum absolute atomic E-state index is 14.0. The zero-order chi connectivity index (χ0) is 15.0. The molecule has 3 aromatic rings. The molecule has 0 aromatic heterocycles. The summed E-state index contributed by atoms with van der Waals surface area (Å²) in [7, 11) is 0. The van der Waals surface area contributed by atoms with Gasteiger partial charge in [-0.2, -0.15) is 0 Å². The quantitative estimate of drug-likeness (QED) is 0.579. The van der Waals surface area contributed by atoms with Crippen molar-refractivity contribution in [3.8, 4) is 0 Å². The summed E-state index contributed by atoms with van der Waals surface area (Å²) in [6.07, 6.45) is 0. The van der Waals surface area contributed by atoms with E-state index in [2.05, 4.69) is 15.9 Å². The summed E-state index contributed by atoms with van der Waals surface area (Å²) in [5.41, 5.74) is 1.68. The van der Waals surface area contributed by atoms with Gasteiger partial charge in [0.2, 0.25) is 0 Å². The van der Waals surface area contributed by atoms with E-state index >= 15 is 0 Å². The molecule has 104 valence electrons. The fourth-order valence-electron chi connectivity index (χ4n) is 2.50. The molecule has 0 atom stereocenters. The van der Waals surface area contributed by atoms with Crippen molar-refractivity contribution < 1.29 is 9.18 Å². The molecule has 0 unspecified atom stereocenters. The molecular weight excluding hydrogens is 331 g/mol. The Morgan fingerprint density at radius 2 is 1.67 bits per heavy atom. The summed E-state index contributed by atoms with van der Waals surface area (Å²) in [5.74, 6) is -0.824. The summed E-state index contributed by atoms with van der Waals surface area (Å²) in [6, 6.07) is 15.9. The van der Waals surface area contributed by atoms with Crippen LogP contribution in [0.25, 0.3) is 10.8 Å². The summed E-state index contributed by atoms with van der Waals surface area (Å²) in [6.45, 7) is 2.00. The van der Waals surface area contributed by atoms with Crippen molar-refractivity contribution in [2.24, 2.45) is 0 Å². The number of aryl methyl sites for hydroxylation is 1. The molecule has 0 amide bonds. The number of hydrogen-bond donors (Lipinski definition) is 0. The van der Waals surface area contributed by atoms with E-state index < -0.39 is 5.82 Å². The van der Waals surface area contributed by atoms with Crippen molar-refractivity contribution in [2.75, 3.05) is 0 Å². The van der Waals surface area contributed by atoms with Crippen LogP contribution in [0.3, 0.4) is 0 Å². The summed E-state index contributed by atoms with van der Waals surface area (Å²) >= 11 is 3.26. The minimum Gasteiger partial charge on any atom is -0.288 e. The molecule has 1 nitrogen and oxygen atoms in total. The Labute approximate surface area is 130 Å². The molecule has 0 saturated heterocycles. The molecule has 3 heteroatoms. The molecule has 21 heavy (non-hydrogen) atoms. The van der Waals surface area contributed by atoms with Gasteiger partial charge in [0.05, 0.1) is 5.56 Å². The normalized spacial score (nSPS) is 10.8. The van der Waals surface area contributed by atoms with Gasteiger partial charge in [0.25, 0.3) is 0 Å². The van der Waals surface area contributed by atoms with Gasteiger partial charge >= 0.3 is 0 Å². The number of ketones is 1. The van der Waals surface area contributed by atoms with Crippen molar-refractivity contribution in [3.05, 3.63) is 81.6 Å². The van der Waals surface area contributed by atoms with Gasteiger partial charge in [0.15, 0.2) is 5.78 Å². The van der Waals surface area contributed by atoms with Gasteiger partial charge in [-0.05, 0) is 51.3 Å². The molecule has 0 aliphatic carbocycles. The Balaban J connectivity index is 2.26. The van der Waals surface area contributed by atoms with Crippen molar-refractivity contribution >= 4 is 32.5 Å². The number of carbonyl (C=O) groups is 1. The van der Waals surface area contributed by atoms with Crippen molar-refractivity contribution in [3.63, 3.8) is 0 Å². The molecule has 0 fully saturated rings. The van der Waals surface area contributed by atoms with E-state index in [-0.39, 0.29) is 11.3 Å². The van der Waals surface area contributed by atoms with Crippen LogP contribution in [-0.2, 0) is 0 Å². The van der Waals surface area contributed by atoms with Crippen LogP contribution in [0.1, 0.15) is 21.5 Å². The smallest absolute Gasteiger partial charge is 0.197 e. The molecule has 3 aromatic carbocycles. The Hall–Kier alpha value is -2.00. The largest absolute Gasteiger partial charge is 0.288 e. The average Bonchev–Trinajstić information content (AvgIpc) is 2.47. The van der Waals surface area contributed by atoms with Crippen LogP contribution in [0.2, 0.25) is 0 Å². The Kier molecular flexibility index (Phi) is 3.60. The Morgan fingerprint density at radius 1 is 0.952 bits per heavy atom. The number of benzene rings is 3. The molecule has 0 N–H and O–H groups in total. The predicted octanol–water partition coefficient (Wildman–Crippen LogP) is 5.28. The van der Waals surface area contributed by atoms with E-state index in [1.807, 2.05) is 37.3 Å². The Bertz CT molecular complexity index is 835. The first kappa shape index (κ1) is 14.0. The number of halogens is 2. The first-order valence-electron chi connectivity index (χ1n) is 6.56. The second-order valence-corrected chi connectivity index (χ2v) is 5.76. The van der Waals surface area contributed by atoms with Gasteiger partial charge in [-0.1, -0.05) is 42.5 Å². The zero-order valence-corrected chi connectivity index (χ0v) is 12.9. The van der Waals surface area contributed by atoms with Gasteiger partial charge in [0, 0.05) is 10.0 Å². The minimum absolute atomic E-state index is 0.0755. The summed E-state index contributed by atoms with van der Waals surface area (Å²) in [5, 5.41) is 1.86. The van der Waals surface area contributed by atoms with Crippen molar-refractivity contribution in [1.29, 1.82) is 0 Å². The second kappa shape index (κ2) is 5.41. The SMILES string of the molecule is Cc1ccc(C(=O)c2c(F)cccc2Br)c2ccccc12. The van der Waals surface area contributed by atoms with Crippen molar-refractivity contribution in [1.82, 2.24) is 0 Å². The molecule has 0 radical (unpaired) electrons. The predicted molar refractivity (Wildman–Crippen MR) is 86.2 cm³/mol. The highest BCUT2D eigenvalue weighted by Gasteiger charge is 2.19. The molecule has 0 spiro atoms. The van der Waals surface area contributed by atoms with Crippen molar-refractivity contribution in [2.45, 2.75) is 6.92 Å². The zero-order valence-electron chi connectivity index (χ0n) is 11.4. The molecule has 0 heterocycles. The third-order valence-corrected chi connectivity index (χ3v) is 4.24. The van der Waals surface area contributed by atoms with Crippen LogP contribution in [-0.4, -0.2) is 5.78 Å². The highest BCUT2D eigenvalue weighted by atomic mass is 79.9. The molecule has 0 saturated carbocycles. The van der Waals surface area contributed by atoms with Crippen LogP contribution in [0.4, 0.5) is 4.39 Å². The van der Waals surface area contributed by atoms with Crippen LogP contribution in [0, 0.1) is 12.7 Å². The second-order valence-electron chi connectivity index (χ2n) is 4.90. The standard InChI is InChI=1S/C18H12BrFO/c1-11-9-10-14(13-6-3-2-5-12(11)13)18(21)17-15(19)7-4-8-16(17)20/h2-10H,1H3. The van der Waals surface area contributed by atoms with E-state index in [0.29, 0.717) is 10.0 Å². The van der Waals surface area contributed by atoms with Gasteiger partial charge in [-0.3, -0.25) is 4.79 Å². The molecule has 0 aliphatic heterocycles. The van der Waals surface area contributed by atoms with Gasteiger partial charge in [-0.25, -0.2) is 4.39 Å². The maximum atomic E-state index is 14.0. The van der Waals surface area contributed by atoms with Gasteiger partial charge < -0.3 is 0 Å². The lowest BCUT2D eigenvalue weighted by Gasteiger charge is -2.10. The van der Waals surface area contributed by atoms with E-state index in [1.165, 1.54) is 6.07 Å². The van der Waals surface area contributed by atoms with E-state index in [1.54, 1.807) is 18.2 Å². The van der Waals surface area contributed by atoms with Gasteiger partial charge in [0.1, 0.15) is 5.82 Å². The first-order valence-corrected chi connectivity index (χ1v) is 7.36. The highest BCUT2D eigenvalue weighted by Crippen LogP contribution is 2.28. The summed E-state index contributed by atoms with van der Waals surface area (Å²) < 4.78 is 14.5. The van der Waals surface area contributed by atoms with Gasteiger partial charge in [-0.15, -0.1) is 0 Å². The molecular formula is C18H12BrFO. The average molecular weight is 343 g/mol. The lowest BCUT2D eigenvalue weighted by Crippen LogP contribution is -2.06. The minimum atomic E-state index is -0.515. The Morgan fingerprint density at radius 3 is 2.38 bits per heavy atom. The molecule has 0 bridgehead atoms. The third kappa shape index (κ3) is 2.38. The lowest BCUT2D eigenvalue weighted by molar-refractivity contribution is 0.103. The van der Waals surface area contributed by atoms with Crippen LogP contribution < -0.4 is 0 Å². The monoisotopic (exact) mass is 342 g/mol. The number of fused-ring (bicyclic) bond motifs is 1. The maximum Gasteiger partial charge on any atom is 0.197 e. The third-order valence-electron chi connectivity index (χ3n) is 3.58. The number of hydrogen-bond acceptors (Lipinski definition) is 1. The van der Waals surface area contributed by atoms with Crippen LogP contribution in [0.15, 0.2) is 59.1 Å². The molecule has 0 aliphatic rings. The lowest BCUT2D eigenvalue weighted by atomic mass is 9.95. The van der Waals surface area contributed by atoms with Crippen LogP contribution >= 0.6 is 15.9 Å².